The highest BCUT2D eigenvalue weighted by atomic mass is 16.5. The second kappa shape index (κ2) is 6.15. The van der Waals surface area contributed by atoms with Crippen molar-refractivity contribution in [2.24, 2.45) is 0 Å². The standard InChI is InChI=1S/C17H27NO2/c1-6-17(2,3)20-15-10-7-12-11-13(19-5)8-9-14(12)16(15)18-4/h8-9,11,15-16,18H,6-7,10H2,1-5H3. The molecule has 2 atom stereocenters. The molecule has 0 aliphatic heterocycles. The van der Waals surface area contributed by atoms with Gasteiger partial charge in [-0.2, -0.15) is 0 Å². The van der Waals surface area contributed by atoms with Crippen LogP contribution in [0.15, 0.2) is 18.2 Å². The first-order valence-corrected chi connectivity index (χ1v) is 7.52. The number of aryl methyl sites for hydroxylation is 1. The van der Waals surface area contributed by atoms with Gasteiger partial charge in [-0.25, -0.2) is 0 Å². The van der Waals surface area contributed by atoms with Crippen molar-refractivity contribution in [3.8, 4) is 5.75 Å². The fraction of sp³-hybridized carbons (Fsp3) is 0.647. The van der Waals surface area contributed by atoms with E-state index in [1.807, 2.05) is 13.1 Å². The van der Waals surface area contributed by atoms with Crippen LogP contribution in [0.25, 0.3) is 0 Å². The molecule has 0 radical (unpaired) electrons. The highest BCUT2D eigenvalue weighted by molar-refractivity contribution is 5.39. The molecule has 1 aromatic rings. The molecule has 0 amide bonds. The molecule has 0 spiro atoms. The zero-order chi connectivity index (χ0) is 14.8. The minimum Gasteiger partial charge on any atom is -0.497 e. The lowest BCUT2D eigenvalue weighted by Gasteiger charge is -2.38. The van der Waals surface area contributed by atoms with Gasteiger partial charge in [0.1, 0.15) is 5.75 Å². The van der Waals surface area contributed by atoms with Crippen molar-refractivity contribution in [2.75, 3.05) is 14.2 Å². The van der Waals surface area contributed by atoms with Crippen LogP contribution in [0.1, 0.15) is 50.8 Å². The first-order valence-electron chi connectivity index (χ1n) is 7.52. The predicted octanol–water partition coefficient (Wildman–Crippen LogP) is 3.48. The molecule has 20 heavy (non-hydrogen) atoms. The summed E-state index contributed by atoms with van der Waals surface area (Å²) in [6.07, 6.45) is 3.36. The minimum absolute atomic E-state index is 0.0657. The lowest BCUT2D eigenvalue weighted by molar-refractivity contribution is -0.0929. The summed E-state index contributed by atoms with van der Waals surface area (Å²) in [6, 6.07) is 6.62. The molecular weight excluding hydrogens is 250 g/mol. The molecule has 0 fully saturated rings. The lowest BCUT2D eigenvalue weighted by atomic mass is 9.85. The Balaban J connectivity index is 2.24. The van der Waals surface area contributed by atoms with E-state index in [4.69, 9.17) is 9.47 Å². The van der Waals surface area contributed by atoms with Crippen LogP contribution in [-0.4, -0.2) is 25.9 Å². The van der Waals surface area contributed by atoms with Crippen molar-refractivity contribution < 1.29 is 9.47 Å². The van der Waals surface area contributed by atoms with Gasteiger partial charge in [0.2, 0.25) is 0 Å². The number of hydrogen-bond donors (Lipinski definition) is 1. The highest BCUT2D eigenvalue weighted by Crippen LogP contribution is 2.36. The van der Waals surface area contributed by atoms with Crippen LogP contribution < -0.4 is 10.1 Å². The third kappa shape index (κ3) is 3.15. The normalized spacial score (nSPS) is 22.4. The van der Waals surface area contributed by atoms with Gasteiger partial charge in [-0.15, -0.1) is 0 Å². The average Bonchev–Trinajstić information content (AvgIpc) is 2.46. The first-order chi connectivity index (χ1) is 9.50. The van der Waals surface area contributed by atoms with Crippen molar-refractivity contribution in [3.05, 3.63) is 29.3 Å². The molecule has 0 aromatic heterocycles. The summed E-state index contributed by atoms with van der Waals surface area (Å²) in [4.78, 5) is 0. The average molecular weight is 277 g/mol. The molecule has 1 aliphatic rings. The molecule has 0 saturated carbocycles. The van der Waals surface area contributed by atoms with Gasteiger partial charge >= 0.3 is 0 Å². The van der Waals surface area contributed by atoms with Gasteiger partial charge in [0.25, 0.3) is 0 Å². The Bertz CT molecular complexity index is 456. The Morgan fingerprint density at radius 1 is 1.35 bits per heavy atom. The van der Waals surface area contributed by atoms with Crippen LogP contribution in [0.5, 0.6) is 5.75 Å². The molecule has 2 rings (SSSR count). The van der Waals surface area contributed by atoms with Crippen LogP contribution >= 0.6 is 0 Å². The van der Waals surface area contributed by atoms with Gasteiger partial charge in [0, 0.05) is 0 Å². The molecule has 1 aliphatic carbocycles. The summed E-state index contributed by atoms with van der Waals surface area (Å²) in [5.74, 6) is 0.937. The fourth-order valence-corrected chi connectivity index (χ4v) is 2.86. The Kier molecular flexibility index (Phi) is 4.71. The number of benzene rings is 1. The van der Waals surface area contributed by atoms with Gasteiger partial charge in [-0.3, -0.25) is 0 Å². The second-order valence-corrected chi connectivity index (χ2v) is 6.14. The molecule has 1 N–H and O–H groups in total. The van der Waals surface area contributed by atoms with Gasteiger partial charge in [-0.05, 0) is 63.4 Å². The quantitative estimate of drug-likeness (QED) is 0.894. The summed E-state index contributed by atoms with van der Waals surface area (Å²) in [7, 11) is 3.73. The summed E-state index contributed by atoms with van der Waals surface area (Å²) in [5.41, 5.74) is 2.65. The van der Waals surface area contributed by atoms with Crippen LogP contribution in [-0.2, 0) is 11.2 Å². The van der Waals surface area contributed by atoms with E-state index in [0.29, 0.717) is 0 Å². The van der Waals surface area contributed by atoms with Crippen molar-refractivity contribution in [3.63, 3.8) is 0 Å². The topological polar surface area (TPSA) is 30.5 Å². The van der Waals surface area contributed by atoms with Gasteiger partial charge in [0.15, 0.2) is 0 Å². The van der Waals surface area contributed by atoms with E-state index in [9.17, 15) is 0 Å². The largest absolute Gasteiger partial charge is 0.497 e. The number of ether oxygens (including phenoxy) is 2. The lowest BCUT2D eigenvalue weighted by Crippen LogP contribution is -2.41. The van der Waals surface area contributed by atoms with Gasteiger partial charge in [-0.1, -0.05) is 13.0 Å². The molecule has 0 bridgehead atoms. The van der Waals surface area contributed by atoms with Crippen molar-refractivity contribution in [1.29, 1.82) is 0 Å². The Hall–Kier alpha value is -1.06. The van der Waals surface area contributed by atoms with E-state index >= 15 is 0 Å². The number of likely N-dealkylation sites (N-methyl/N-ethyl adjacent to an activating group) is 1. The molecule has 3 nitrogen and oxygen atoms in total. The molecule has 0 saturated heterocycles. The maximum Gasteiger partial charge on any atom is 0.119 e. The van der Waals surface area contributed by atoms with E-state index in [1.165, 1.54) is 11.1 Å². The molecular formula is C17H27NO2. The molecule has 3 heteroatoms. The number of rotatable bonds is 5. The summed E-state index contributed by atoms with van der Waals surface area (Å²) < 4.78 is 11.7. The molecule has 112 valence electrons. The minimum atomic E-state index is -0.0657. The SMILES string of the molecule is CCC(C)(C)OC1CCc2cc(OC)ccc2C1NC. The van der Waals surface area contributed by atoms with E-state index in [2.05, 4.69) is 38.2 Å². The van der Waals surface area contributed by atoms with E-state index < -0.39 is 0 Å². The van der Waals surface area contributed by atoms with E-state index in [0.717, 1.165) is 25.0 Å². The van der Waals surface area contributed by atoms with Crippen LogP contribution in [0.3, 0.4) is 0 Å². The monoisotopic (exact) mass is 277 g/mol. The zero-order valence-corrected chi connectivity index (χ0v) is 13.3. The maximum atomic E-state index is 6.35. The second-order valence-electron chi connectivity index (χ2n) is 6.14. The van der Waals surface area contributed by atoms with Crippen LogP contribution in [0.4, 0.5) is 0 Å². The Labute approximate surface area is 122 Å². The van der Waals surface area contributed by atoms with Crippen LogP contribution in [0, 0.1) is 0 Å². The summed E-state index contributed by atoms with van der Waals surface area (Å²) in [5, 5.41) is 3.43. The molecule has 0 heterocycles. The number of nitrogens with one attached hydrogen (secondary N) is 1. The number of hydrogen-bond acceptors (Lipinski definition) is 3. The Morgan fingerprint density at radius 2 is 2.10 bits per heavy atom. The van der Waals surface area contributed by atoms with E-state index in [1.54, 1.807) is 7.11 Å². The maximum absolute atomic E-state index is 6.35. The van der Waals surface area contributed by atoms with Crippen molar-refractivity contribution in [1.82, 2.24) is 5.32 Å². The summed E-state index contributed by atoms with van der Waals surface area (Å²) >= 11 is 0. The highest BCUT2D eigenvalue weighted by Gasteiger charge is 2.33. The Morgan fingerprint density at radius 3 is 2.70 bits per heavy atom. The first kappa shape index (κ1) is 15.3. The van der Waals surface area contributed by atoms with Crippen molar-refractivity contribution in [2.45, 2.75) is 57.8 Å². The third-order valence-corrected chi connectivity index (χ3v) is 4.39. The predicted molar refractivity (Wildman–Crippen MR) is 82.4 cm³/mol. The molecule has 1 aromatic carbocycles. The van der Waals surface area contributed by atoms with Gasteiger partial charge < -0.3 is 14.8 Å². The zero-order valence-electron chi connectivity index (χ0n) is 13.3. The molecule has 2 unspecified atom stereocenters. The smallest absolute Gasteiger partial charge is 0.119 e. The third-order valence-electron chi connectivity index (χ3n) is 4.39. The van der Waals surface area contributed by atoms with Gasteiger partial charge in [0.05, 0.1) is 24.9 Å². The van der Waals surface area contributed by atoms with E-state index in [-0.39, 0.29) is 17.7 Å². The number of fused-ring (bicyclic) bond motifs is 1. The van der Waals surface area contributed by atoms with Crippen molar-refractivity contribution >= 4 is 0 Å². The summed E-state index contributed by atoms with van der Waals surface area (Å²) in [6.45, 7) is 6.52. The number of methoxy groups -OCH3 is 1. The van der Waals surface area contributed by atoms with Crippen LogP contribution in [0.2, 0.25) is 0 Å². The fourth-order valence-electron chi connectivity index (χ4n) is 2.86.